The van der Waals surface area contributed by atoms with Crippen LogP contribution in [-0.4, -0.2) is 79.6 Å². The maximum atomic E-state index is 13.3. The first-order chi connectivity index (χ1) is 19.4. The van der Waals surface area contributed by atoms with Gasteiger partial charge in [0.2, 0.25) is 17.7 Å². The predicted molar refractivity (Wildman–Crippen MR) is 144 cm³/mol. The van der Waals surface area contributed by atoms with Crippen molar-refractivity contribution in [1.82, 2.24) is 20.9 Å². The summed E-state index contributed by atoms with van der Waals surface area (Å²) in [4.78, 5) is 54.3. The molecule has 0 aliphatic carbocycles. The molecule has 0 saturated carbocycles. The van der Waals surface area contributed by atoms with Crippen LogP contribution in [0.3, 0.4) is 0 Å². The highest BCUT2D eigenvalue weighted by Gasteiger charge is 2.34. The van der Waals surface area contributed by atoms with Crippen LogP contribution in [0, 0.1) is 0 Å². The first-order valence-electron chi connectivity index (χ1n) is 13.7. The molecule has 11 heteroatoms. The van der Waals surface area contributed by atoms with Crippen molar-refractivity contribution in [3.63, 3.8) is 0 Å². The van der Waals surface area contributed by atoms with Gasteiger partial charge in [-0.05, 0) is 56.0 Å². The SMILES string of the molecule is C[C@@H]1NC(=O)C[C@@H](C(=O)NCCc2ccc3c(c2)OCCO3)NC(=O)c2ccccc2OC[C@H]2CCCN2C1=O. The van der Waals surface area contributed by atoms with E-state index in [1.54, 1.807) is 36.1 Å². The number of carbonyl (C=O) groups excluding carboxylic acids is 4. The first kappa shape index (κ1) is 27.3. The number of hydrogen-bond acceptors (Lipinski definition) is 7. The van der Waals surface area contributed by atoms with Crippen LogP contribution in [0.2, 0.25) is 0 Å². The predicted octanol–water partition coefficient (Wildman–Crippen LogP) is 1.19. The smallest absolute Gasteiger partial charge is 0.255 e. The minimum Gasteiger partial charge on any atom is -0.491 e. The van der Waals surface area contributed by atoms with Crippen LogP contribution in [0.4, 0.5) is 0 Å². The van der Waals surface area contributed by atoms with Crippen LogP contribution in [0.1, 0.15) is 42.1 Å². The van der Waals surface area contributed by atoms with E-state index in [0.29, 0.717) is 43.4 Å². The summed E-state index contributed by atoms with van der Waals surface area (Å²) in [5, 5.41) is 8.21. The average Bonchev–Trinajstić information content (AvgIpc) is 3.43. The molecule has 3 atom stereocenters. The summed E-state index contributed by atoms with van der Waals surface area (Å²) in [6, 6.07) is 10.3. The zero-order chi connectivity index (χ0) is 28.1. The molecule has 1 fully saturated rings. The van der Waals surface area contributed by atoms with Gasteiger partial charge in [-0.15, -0.1) is 0 Å². The molecule has 11 nitrogen and oxygen atoms in total. The van der Waals surface area contributed by atoms with E-state index in [-0.39, 0.29) is 37.1 Å². The third kappa shape index (κ3) is 6.30. The molecule has 3 aliphatic heterocycles. The van der Waals surface area contributed by atoms with Crippen LogP contribution >= 0.6 is 0 Å². The fourth-order valence-corrected chi connectivity index (χ4v) is 5.20. The number of rotatable bonds is 4. The Balaban J connectivity index is 1.30. The molecule has 40 heavy (non-hydrogen) atoms. The summed E-state index contributed by atoms with van der Waals surface area (Å²) in [5.41, 5.74) is 1.19. The number of nitrogens with one attached hydrogen (secondary N) is 3. The third-order valence-electron chi connectivity index (χ3n) is 7.30. The molecule has 0 unspecified atom stereocenters. The second kappa shape index (κ2) is 12.3. The monoisotopic (exact) mass is 550 g/mol. The van der Waals surface area contributed by atoms with Crippen molar-refractivity contribution in [1.29, 1.82) is 0 Å². The van der Waals surface area contributed by atoms with E-state index in [9.17, 15) is 19.2 Å². The molecule has 0 aromatic heterocycles. The van der Waals surface area contributed by atoms with Gasteiger partial charge in [0.05, 0.1) is 18.0 Å². The zero-order valence-corrected chi connectivity index (χ0v) is 22.4. The van der Waals surface area contributed by atoms with Crippen molar-refractivity contribution in [3.8, 4) is 17.2 Å². The normalized spacial score (nSPS) is 23.1. The maximum Gasteiger partial charge on any atom is 0.255 e. The summed E-state index contributed by atoms with van der Waals surface area (Å²) in [6.45, 7) is 3.68. The van der Waals surface area contributed by atoms with Gasteiger partial charge in [-0.25, -0.2) is 0 Å². The van der Waals surface area contributed by atoms with Crippen molar-refractivity contribution in [2.75, 3.05) is 32.9 Å². The Morgan fingerprint density at radius 1 is 1.00 bits per heavy atom. The van der Waals surface area contributed by atoms with Gasteiger partial charge in [-0.3, -0.25) is 19.2 Å². The summed E-state index contributed by atoms with van der Waals surface area (Å²) >= 11 is 0. The summed E-state index contributed by atoms with van der Waals surface area (Å²) in [6.07, 6.45) is 1.78. The van der Waals surface area contributed by atoms with Gasteiger partial charge in [0, 0.05) is 13.1 Å². The van der Waals surface area contributed by atoms with Crippen molar-refractivity contribution in [2.24, 2.45) is 0 Å². The van der Waals surface area contributed by atoms with E-state index in [2.05, 4.69) is 16.0 Å². The molecular formula is C29H34N4O7. The number of ether oxygens (including phenoxy) is 3. The second-order valence-corrected chi connectivity index (χ2v) is 10.2. The van der Waals surface area contributed by atoms with Crippen LogP contribution in [0.25, 0.3) is 0 Å². The quantitative estimate of drug-likeness (QED) is 0.521. The molecule has 0 bridgehead atoms. The highest BCUT2D eigenvalue weighted by atomic mass is 16.6. The summed E-state index contributed by atoms with van der Waals surface area (Å²) in [5.74, 6) is -0.0455. The lowest BCUT2D eigenvalue weighted by Gasteiger charge is -2.29. The Labute approximate surface area is 232 Å². The van der Waals surface area contributed by atoms with E-state index in [1.807, 2.05) is 18.2 Å². The summed E-state index contributed by atoms with van der Waals surface area (Å²) in [7, 11) is 0. The Morgan fingerprint density at radius 2 is 1.80 bits per heavy atom. The van der Waals surface area contributed by atoms with Crippen LogP contribution in [0.15, 0.2) is 42.5 Å². The van der Waals surface area contributed by atoms with Gasteiger partial charge in [-0.1, -0.05) is 18.2 Å². The number of fused-ring (bicyclic) bond motifs is 3. The lowest BCUT2D eigenvalue weighted by Crippen LogP contribution is -2.53. The Hall–Kier alpha value is -4.28. The van der Waals surface area contributed by atoms with E-state index in [1.165, 1.54) is 0 Å². The number of nitrogens with zero attached hydrogens (tertiary/aromatic N) is 1. The molecule has 0 radical (unpaired) electrons. The van der Waals surface area contributed by atoms with E-state index >= 15 is 0 Å². The molecular weight excluding hydrogens is 516 g/mol. The maximum absolute atomic E-state index is 13.3. The van der Waals surface area contributed by atoms with Crippen molar-refractivity contribution in [3.05, 3.63) is 53.6 Å². The fourth-order valence-electron chi connectivity index (χ4n) is 5.20. The van der Waals surface area contributed by atoms with Crippen molar-refractivity contribution >= 4 is 23.6 Å². The van der Waals surface area contributed by atoms with Crippen molar-refractivity contribution in [2.45, 2.75) is 50.7 Å². The first-order valence-corrected chi connectivity index (χ1v) is 13.7. The molecule has 1 saturated heterocycles. The van der Waals surface area contributed by atoms with Gasteiger partial charge >= 0.3 is 0 Å². The summed E-state index contributed by atoms with van der Waals surface area (Å²) < 4.78 is 17.2. The number of benzene rings is 2. The Kier molecular flexibility index (Phi) is 8.37. The van der Waals surface area contributed by atoms with Gasteiger partial charge in [0.1, 0.15) is 37.7 Å². The molecule has 212 valence electrons. The standard InChI is InChI=1S/C29H34N4O7/c1-18-29(37)33-12-4-5-20(33)17-40-23-7-3-2-6-21(23)27(35)32-22(16-26(34)31-18)28(36)30-11-10-19-8-9-24-25(15-19)39-14-13-38-24/h2-3,6-9,15,18,20,22H,4-5,10-14,16-17H2,1H3,(H,30,36)(H,31,34)(H,32,35)/t18-,20+,22-/m0/s1. The Bertz CT molecular complexity index is 1280. The third-order valence-corrected chi connectivity index (χ3v) is 7.30. The highest BCUT2D eigenvalue weighted by Crippen LogP contribution is 2.30. The zero-order valence-electron chi connectivity index (χ0n) is 22.4. The number of hydrogen-bond donors (Lipinski definition) is 3. The molecule has 0 spiro atoms. The molecule has 4 amide bonds. The molecule has 2 aromatic rings. The number of amides is 4. The number of carbonyl (C=O) groups is 4. The van der Waals surface area contributed by atoms with Gasteiger partial charge in [-0.2, -0.15) is 0 Å². The number of para-hydroxylation sites is 1. The van der Waals surface area contributed by atoms with E-state index in [0.717, 1.165) is 18.4 Å². The fraction of sp³-hybridized carbons (Fsp3) is 0.448. The van der Waals surface area contributed by atoms with Gasteiger partial charge < -0.3 is 35.1 Å². The lowest BCUT2D eigenvalue weighted by molar-refractivity contribution is -0.137. The molecule has 5 rings (SSSR count). The largest absolute Gasteiger partial charge is 0.491 e. The molecule has 3 N–H and O–H groups in total. The molecule has 2 aromatic carbocycles. The van der Waals surface area contributed by atoms with E-state index in [4.69, 9.17) is 14.2 Å². The Morgan fingerprint density at radius 3 is 2.65 bits per heavy atom. The highest BCUT2D eigenvalue weighted by molar-refractivity contribution is 6.01. The lowest BCUT2D eigenvalue weighted by atomic mass is 10.1. The molecule has 3 aliphatic rings. The minimum absolute atomic E-state index is 0.154. The topological polar surface area (TPSA) is 135 Å². The van der Waals surface area contributed by atoms with Crippen molar-refractivity contribution < 1.29 is 33.4 Å². The second-order valence-electron chi connectivity index (χ2n) is 10.2. The van der Waals surface area contributed by atoms with Gasteiger partial charge in [0.25, 0.3) is 5.91 Å². The average molecular weight is 551 g/mol. The van der Waals surface area contributed by atoms with Gasteiger partial charge in [0.15, 0.2) is 11.5 Å². The van der Waals surface area contributed by atoms with Crippen LogP contribution in [0.5, 0.6) is 17.2 Å². The molecule has 3 heterocycles. The van der Waals surface area contributed by atoms with E-state index < -0.39 is 29.8 Å². The van der Waals surface area contributed by atoms with Crippen LogP contribution < -0.4 is 30.2 Å². The van der Waals surface area contributed by atoms with Crippen LogP contribution in [-0.2, 0) is 20.8 Å². The minimum atomic E-state index is -1.16.